The van der Waals surface area contributed by atoms with Crippen molar-refractivity contribution in [1.29, 1.82) is 0 Å². The van der Waals surface area contributed by atoms with Crippen LogP contribution in [0.2, 0.25) is 0 Å². The molecule has 4 rings (SSSR count). The molecule has 0 aliphatic carbocycles. The van der Waals surface area contributed by atoms with Gasteiger partial charge in [-0.3, -0.25) is 9.88 Å². The first-order valence-corrected chi connectivity index (χ1v) is 7.02. The Morgan fingerprint density at radius 3 is 3.25 bits per heavy atom. The van der Waals surface area contributed by atoms with Crippen LogP contribution >= 0.6 is 0 Å². The molecular formula is C14H17N5O. The SMILES string of the molecule is c1cncc(CN2CC[C@@H]3OCc4cnnn4[C@H]3C2)c1. The van der Waals surface area contributed by atoms with Crippen molar-refractivity contribution < 1.29 is 4.74 Å². The van der Waals surface area contributed by atoms with E-state index in [0.29, 0.717) is 6.61 Å². The molecule has 20 heavy (non-hydrogen) atoms. The first-order valence-electron chi connectivity index (χ1n) is 7.02. The van der Waals surface area contributed by atoms with Crippen molar-refractivity contribution >= 4 is 0 Å². The zero-order valence-corrected chi connectivity index (χ0v) is 11.2. The second-order valence-electron chi connectivity index (χ2n) is 5.47. The molecule has 4 heterocycles. The van der Waals surface area contributed by atoms with Crippen molar-refractivity contribution in [3.05, 3.63) is 42.0 Å². The van der Waals surface area contributed by atoms with Crippen LogP contribution in [0.3, 0.4) is 0 Å². The maximum absolute atomic E-state index is 5.93. The maximum atomic E-state index is 5.93. The number of pyridine rings is 1. The van der Waals surface area contributed by atoms with Gasteiger partial charge in [0.2, 0.25) is 0 Å². The topological polar surface area (TPSA) is 56.1 Å². The smallest absolute Gasteiger partial charge is 0.0930 e. The standard InChI is InChI=1S/C14H17N5O/c1-2-11(6-15-4-1)8-18-5-3-14-13(9-18)19-12(10-20-14)7-16-17-19/h1-2,4,6-7,13-14H,3,5,8-10H2/t13-,14-/m0/s1. The summed E-state index contributed by atoms with van der Waals surface area (Å²) in [5.74, 6) is 0. The highest BCUT2D eigenvalue weighted by molar-refractivity contribution is 5.09. The summed E-state index contributed by atoms with van der Waals surface area (Å²) in [6.45, 7) is 3.58. The number of hydrogen-bond donors (Lipinski definition) is 0. The third-order valence-corrected chi connectivity index (χ3v) is 4.14. The third-order valence-electron chi connectivity index (χ3n) is 4.14. The van der Waals surface area contributed by atoms with Crippen LogP contribution in [0.4, 0.5) is 0 Å². The molecular weight excluding hydrogens is 254 g/mol. The molecule has 2 aromatic heterocycles. The molecule has 0 spiro atoms. The van der Waals surface area contributed by atoms with Gasteiger partial charge in [0.15, 0.2) is 0 Å². The maximum Gasteiger partial charge on any atom is 0.0930 e. The van der Waals surface area contributed by atoms with E-state index in [9.17, 15) is 0 Å². The van der Waals surface area contributed by atoms with Crippen LogP contribution in [0.25, 0.3) is 0 Å². The van der Waals surface area contributed by atoms with E-state index in [1.54, 1.807) is 6.20 Å². The molecule has 0 aromatic carbocycles. The van der Waals surface area contributed by atoms with Gasteiger partial charge in [-0.1, -0.05) is 11.3 Å². The minimum atomic E-state index is 0.273. The van der Waals surface area contributed by atoms with E-state index in [1.807, 2.05) is 23.1 Å². The van der Waals surface area contributed by atoms with Gasteiger partial charge in [-0.2, -0.15) is 0 Å². The Bertz CT molecular complexity index is 584. The van der Waals surface area contributed by atoms with Crippen LogP contribution in [-0.2, 0) is 17.9 Å². The number of ether oxygens (including phenoxy) is 1. The minimum Gasteiger partial charge on any atom is -0.370 e. The van der Waals surface area contributed by atoms with Gasteiger partial charge < -0.3 is 4.74 Å². The Morgan fingerprint density at radius 1 is 1.35 bits per heavy atom. The molecule has 1 fully saturated rings. The molecule has 0 saturated carbocycles. The van der Waals surface area contributed by atoms with Crippen molar-refractivity contribution in [2.45, 2.75) is 31.7 Å². The Hall–Kier alpha value is -1.79. The molecule has 104 valence electrons. The van der Waals surface area contributed by atoms with Gasteiger partial charge in [0.25, 0.3) is 0 Å². The lowest BCUT2D eigenvalue weighted by molar-refractivity contribution is -0.0669. The Kier molecular flexibility index (Phi) is 2.97. The quantitative estimate of drug-likeness (QED) is 0.816. The van der Waals surface area contributed by atoms with E-state index in [-0.39, 0.29) is 12.1 Å². The molecule has 0 radical (unpaired) electrons. The lowest BCUT2D eigenvalue weighted by atomic mass is 10.00. The van der Waals surface area contributed by atoms with Gasteiger partial charge >= 0.3 is 0 Å². The van der Waals surface area contributed by atoms with Gasteiger partial charge in [-0.15, -0.1) is 5.10 Å². The average Bonchev–Trinajstić information content (AvgIpc) is 2.97. The highest BCUT2D eigenvalue weighted by Crippen LogP contribution is 2.30. The summed E-state index contributed by atoms with van der Waals surface area (Å²) in [6, 6.07) is 4.39. The van der Waals surface area contributed by atoms with Crippen LogP contribution in [0.1, 0.15) is 23.7 Å². The fourth-order valence-electron chi connectivity index (χ4n) is 3.14. The number of hydrogen-bond acceptors (Lipinski definition) is 5. The Morgan fingerprint density at radius 2 is 2.35 bits per heavy atom. The van der Waals surface area contributed by atoms with Crippen molar-refractivity contribution in [2.24, 2.45) is 0 Å². The first-order chi connectivity index (χ1) is 9.90. The fraction of sp³-hybridized carbons (Fsp3) is 0.500. The monoisotopic (exact) mass is 271 g/mol. The number of nitrogens with zero attached hydrogens (tertiary/aromatic N) is 5. The summed E-state index contributed by atoms with van der Waals surface area (Å²) in [4.78, 5) is 6.62. The van der Waals surface area contributed by atoms with Gasteiger partial charge in [-0.05, 0) is 18.1 Å². The zero-order valence-electron chi connectivity index (χ0n) is 11.2. The highest BCUT2D eigenvalue weighted by Gasteiger charge is 2.36. The van der Waals surface area contributed by atoms with Crippen LogP contribution in [0.5, 0.6) is 0 Å². The second-order valence-corrected chi connectivity index (χ2v) is 5.47. The van der Waals surface area contributed by atoms with Gasteiger partial charge in [0, 0.05) is 32.0 Å². The van der Waals surface area contributed by atoms with E-state index >= 15 is 0 Å². The number of rotatable bonds is 2. The van der Waals surface area contributed by atoms with Crippen LogP contribution in [0, 0.1) is 0 Å². The summed E-state index contributed by atoms with van der Waals surface area (Å²) < 4.78 is 7.97. The van der Waals surface area contributed by atoms with Crippen molar-refractivity contribution in [3.63, 3.8) is 0 Å². The molecule has 2 aliphatic rings. The molecule has 6 nitrogen and oxygen atoms in total. The molecule has 2 atom stereocenters. The molecule has 2 aliphatic heterocycles. The summed E-state index contributed by atoms with van der Waals surface area (Å²) in [5.41, 5.74) is 2.33. The predicted octanol–water partition coefficient (Wildman–Crippen LogP) is 1.02. The van der Waals surface area contributed by atoms with E-state index in [2.05, 4.69) is 26.3 Å². The summed E-state index contributed by atoms with van der Waals surface area (Å²) in [6.07, 6.45) is 6.87. The molecule has 0 amide bonds. The van der Waals surface area contributed by atoms with Crippen molar-refractivity contribution in [2.75, 3.05) is 13.1 Å². The van der Waals surface area contributed by atoms with Gasteiger partial charge in [-0.25, -0.2) is 4.68 Å². The van der Waals surface area contributed by atoms with E-state index < -0.39 is 0 Å². The summed E-state index contributed by atoms with van der Waals surface area (Å²) in [5, 5.41) is 8.24. The summed E-state index contributed by atoms with van der Waals surface area (Å²) >= 11 is 0. The lowest BCUT2D eigenvalue weighted by Gasteiger charge is -2.41. The number of fused-ring (bicyclic) bond motifs is 3. The lowest BCUT2D eigenvalue weighted by Crippen LogP contribution is -2.47. The number of likely N-dealkylation sites (tertiary alicyclic amines) is 1. The van der Waals surface area contributed by atoms with Gasteiger partial charge in [0.05, 0.1) is 30.6 Å². The molecule has 1 saturated heterocycles. The highest BCUT2D eigenvalue weighted by atomic mass is 16.5. The minimum absolute atomic E-state index is 0.273. The van der Waals surface area contributed by atoms with Crippen molar-refractivity contribution in [1.82, 2.24) is 24.9 Å². The second kappa shape index (κ2) is 4.96. The van der Waals surface area contributed by atoms with Crippen LogP contribution < -0.4 is 0 Å². The molecule has 0 unspecified atom stereocenters. The van der Waals surface area contributed by atoms with E-state index in [0.717, 1.165) is 31.7 Å². The van der Waals surface area contributed by atoms with Crippen LogP contribution in [0.15, 0.2) is 30.7 Å². The third kappa shape index (κ3) is 2.10. The summed E-state index contributed by atoms with van der Waals surface area (Å²) in [7, 11) is 0. The van der Waals surface area contributed by atoms with Crippen molar-refractivity contribution in [3.8, 4) is 0 Å². The van der Waals surface area contributed by atoms with E-state index in [1.165, 1.54) is 5.56 Å². The molecule has 0 N–H and O–H groups in total. The number of aromatic nitrogens is 4. The molecule has 0 bridgehead atoms. The van der Waals surface area contributed by atoms with Crippen LogP contribution in [-0.4, -0.2) is 44.1 Å². The average molecular weight is 271 g/mol. The Balaban J connectivity index is 1.51. The first kappa shape index (κ1) is 12.0. The normalized spacial score (nSPS) is 26.0. The molecule has 2 aromatic rings. The van der Waals surface area contributed by atoms with E-state index in [4.69, 9.17) is 4.74 Å². The fourth-order valence-corrected chi connectivity index (χ4v) is 3.14. The predicted molar refractivity (Wildman–Crippen MR) is 71.8 cm³/mol. The number of piperidine rings is 1. The Labute approximate surface area is 117 Å². The largest absolute Gasteiger partial charge is 0.370 e. The van der Waals surface area contributed by atoms with Gasteiger partial charge in [0.1, 0.15) is 0 Å². The molecule has 6 heteroatoms. The zero-order chi connectivity index (χ0) is 13.4.